The van der Waals surface area contributed by atoms with Crippen LogP contribution in [0.25, 0.3) is 0 Å². The van der Waals surface area contributed by atoms with E-state index in [4.69, 9.17) is 10.5 Å². The van der Waals surface area contributed by atoms with Crippen LogP contribution < -0.4 is 16.4 Å². The lowest BCUT2D eigenvalue weighted by Crippen LogP contribution is -2.71. The molecule has 2 aromatic rings. The number of benzene rings is 1. The van der Waals surface area contributed by atoms with Gasteiger partial charge in [0.2, 0.25) is 17.0 Å². The number of alkyl carbamates (subject to hydrolysis) is 1. The zero-order valence-electron chi connectivity index (χ0n) is 22.6. The third-order valence-corrected chi connectivity index (χ3v) is 8.44. The average Bonchev–Trinajstić information content (AvgIpc) is 3.41. The van der Waals surface area contributed by atoms with Gasteiger partial charge in [-0.05, 0) is 54.5 Å². The number of amides is 4. The maximum atomic E-state index is 13.4. The molecule has 224 valence electrons. The molecule has 3 heterocycles. The lowest BCUT2D eigenvalue weighted by Gasteiger charge is -2.50. The second-order valence-electron chi connectivity index (χ2n) is 10.2. The number of aliphatic carboxylic acids is 1. The molecule has 1 saturated heterocycles. The van der Waals surface area contributed by atoms with E-state index in [9.17, 15) is 34.2 Å². The number of rotatable bonds is 10. The molecule has 18 heteroatoms. The Balaban J connectivity index is 1.56. The van der Waals surface area contributed by atoms with Crippen molar-refractivity contribution in [3.8, 4) is 5.75 Å². The number of H-pyrrole nitrogens is 1. The van der Waals surface area contributed by atoms with Crippen molar-refractivity contribution in [3.05, 3.63) is 41.1 Å². The molecule has 1 aromatic heterocycles. The Hall–Kier alpha value is -4.32. The van der Waals surface area contributed by atoms with Gasteiger partial charge in [-0.3, -0.25) is 19.3 Å². The number of nitrogens with two attached hydrogens (primary N) is 1. The van der Waals surface area contributed by atoms with Gasteiger partial charge in [-0.15, -0.1) is 16.9 Å². The molecular formula is C24H28N8O8S2. The summed E-state index contributed by atoms with van der Waals surface area (Å²) < 4.78 is 5.28. The van der Waals surface area contributed by atoms with Crippen LogP contribution >= 0.6 is 23.5 Å². The van der Waals surface area contributed by atoms with E-state index in [-0.39, 0.29) is 34.3 Å². The van der Waals surface area contributed by atoms with Crippen molar-refractivity contribution in [1.29, 1.82) is 0 Å². The first kappa shape index (κ1) is 30.6. The van der Waals surface area contributed by atoms with Gasteiger partial charge in [-0.1, -0.05) is 23.9 Å². The van der Waals surface area contributed by atoms with Crippen LogP contribution in [-0.2, 0) is 23.9 Å². The van der Waals surface area contributed by atoms with Crippen LogP contribution in [0.3, 0.4) is 0 Å². The molecule has 16 nitrogen and oxygen atoms in total. The zero-order chi connectivity index (χ0) is 30.8. The van der Waals surface area contributed by atoms with Crippen LogP contribution in [0.2, 0.25) is 0 Å². The number of nitrogens with one attached hydrogen (secondary N) is 3. The van der Waals surface area contributed by atoms with Crippen LogP contribution in [0.5, 0.6) is 5.75 Å². The fourth-order valence-electron chi connectivity index (χ4n) is 4.27. The molecule has 3 unspecified atom stereocenters. The number of aromatic amines is 1. The van der Waals surface area contributed by atoms with Gasteiger partial charge in [0.05, 0.1) is 0 Å². The molecule has 0 aliphatic carbocycles. The number of thioether (sulfide) groups is 2. The summed E-state index contributed by atoms with van der Waals surface area (Å²) in [5.41, 5.74) is 4.82. The van der Waals surface area contributed by atoms with Gasteiger partial charge in [0.15, 0.2) is 0 Å². The number of ether oxygens (including phenoxy) is 1. The summed E-state index contributed by atoms with van der Waals surface area (Å²) in [5, 5.41) is 36.7. The summed E-state index contributed by atoms with van der Waals surface area (Å²) in [6.07, 6.45) is -1.12. The normalized spacial score (nSPS) is 19.7. The minimum absolute atomic E-state index is 0.0604. The number of fused-ring (bicyclic) bond motifs is 1. The monoisotopic (exact) mass is 620 g/mol. The second kappa shape index (κ2) is 12.3. The molecule has 2 aliphatic rings. The summed E-state index contributed by atoms with van der Waals surface area (Å²) in [4.78, 5) is 64.4. The van der Waals surface area contributed by atoms with Gasteiger partial charge >= 0.3 is 12.1 Å². The molecule has 4 atom stereocenters. The molecule has 2 aliphatic heterocycles. The quantitative estimate of drug-likeness (QED) is 0.154. The Labute approximate surface area is 247 Å². The predicted octanol–water partition coefficient (Wildman–Crippen LogP) is 0.246. The number of primary amides is 1. The minimum Gasteiger partial charge on any atom is -0.508 e. The number of aromatic nitrogens is 4. The van der Waals surface area contributed by atoms with Crippen molar-refractivity contribution in [2.45, 2.75) is 60.7 Å². The van der Waals surface area contributed by atoms with E-state index in [0.29, 0.717) is 5.56 Å². The average molecular weight is 621 g/mol. The standard InChI is InChI=1S/C24H28N8O8S2/c1-24(2,3)40-23(39)27-15(10-4-6-11(33)7-5-10)18(35)26-16-19(36)32-17(21(37)38)12(9-41-20(16)32)13(8-14(25)34)42-22-28-30-31-29-22/h4-7,13,15-16,20,33H,8-9H2,1-3H3,(H2,25,34)(H,26,35)(H,27,39)(H,37,38)(H,28,29,30,31)/t13?,15?,16?,20-/m0/s1. The van der Waals surface area contributed by atoms with E-state index in [1.807, 2.05) is 0 Å². The van der Waals surface area contributed by atoms with E-state index in [2.05, 4.69) is 31.3 Å². The largest absolute Gasteiger partial charge is 0.508 e. The number of carbonyl (C=O) groups excluding carboxylic acids is 4. The fourth-order valence-corrected chi connectivity index (χ4v) is 6.83. The van der Waals surface area contributed by atoms with Crippen molar-refractivity contribution in [1.82, 2.24) is 36.2 Å². The summed E-state index contributed by atoms with van der Waals surface area (Å²) >= 11 is 2.19. The second-order valence-corrected chi connectivity index (χ2v) is 12.5. The molecule has 0 spiro atoms. The highest BCUT2D eigenvalue weighted by molar-refractivity contribution is 8.01. The molecular weight excluding hydrogens is 592 g/mol. The number of phenols is 1. The topological polar surface area (TPSA) is 243 Å². The van der Waals surface area contributed by atoms with Gasteiger partial charge in [-0.2, -0.15) is 0 Å². The van der Waals surface area contributed by atoms with Crippen molar-refractivity contribution >= 4 is 53.3 Å². The Morgan fingerprint density at radius 1 is 1.26 bits per heavy atom. The van der Waals surface area contributed by atoms with Crippen molar-refractivity contribution in [2.24, 2.45) is 5.73 Å². The van der Waals surface area contributed by atoms with Crippen LogP contribution in [0.1, 0.15) is 38.8 Å². The Kier molecular flexibility index (Phi) is 8.95. The summed E-state index contributed by atoms with van der Waals surface area (Å²) in [5.74, 6) is -3.49. The van der Waals surface area contributed by atoms with Crippen LogP contribution in [0.15, 0.2) is 40.7 Å². The molecule has 4 amide bonds. The van der Waals surface area contributed by atoms with E-state index in [1.165, 1.54) is 36.0 Å². The molecule has 0 saturated carbocycles. The highest BCUT2D eigenvalue weighted by atomic mass is 32.2. The van der Waals surface area contributed by atoms with Gasteiger partial charge < -0.3 is 31.3 Å². The number of β-lactam (4-membered cyclic amide) rings is 1. The molecule has 7 N–H and O–H groups in total. The minimum atomic E-state index is -1.40. The molecule has 1 aromatic carbocycles. The highest BCUT2D eigenvalue weighted by Gasteiger charge is 2.55. The molecule has 0 bridgehead atoms. The van der Waals surface area contributed by atoms with Gasteiger partial charge in [0.1, 0.15) is 34.5 Å². The Bertz CT molecular complexity index is 1410. The Morgan fingerprint density at radius 3 is 2.52 bits per heavy atom. The smallest absolute Gasteiger partial charge is 0.408 e. The molecule has 42 heavy (non-hydrogen) atoms. The highest BCUT2D eigenvalue weighted by Crippen LogP contribution is 2.44. The zero-order valence-corrected chi connectivity index (χ0v) is 24.2. The van der Waals surface area contributed by atoms with Crippen LogP contribution in [0, 0.1) is 0 Å². The first-order chi connectivity index (χ1) is 19.7. The van der Waals surface area contributed by atoms with E-state index in [1.54, 1.807) is 20.8 Å². The number of hydrogen-bond acceptors (Lipinski definition) is 12. The van der Waals surface area contributed by atoms with Gasteiger partial charge in [0.25, 0.3) is 5.91 Å². The Morgan fingerprint density at radius 2 is 1.95 bits per heavy atom. The van der Waals surface area contributed by atoms with Crippen molar-refractivity contribution in [3.63, 3.8) is 0 Å². The van der Waals surface area contributed by atoms with Crippen molar-refractivity contribution < 1.29 is 38.9 Å². The number of hydrogen-bond donors (Lipinski definition) is 6. The molecule has 4 rings (SSSR count). The van der Waals surface area contributed by atoms with Crippen LogP contribution in [0.4, 0.5) is 4.79 Å². The summed E-state index contributed by atoms with van der Waals surface area (Å²) in [6.45, 7) is 4.96. The number of carbonyl (C=O) groups is 5. The van der Waals surface area contributed by atoms with Crippen LogP contribution in [-0.4, -0.2) is 93.5 Å². The van der Waals surface area contributed by atoms with E-state index < -0.39 is 58.1 Å². The fraction of sp³-hybridized carbons (Fsp3) is 0.417. The summed E-state index contributed by atoms with van der Waals surface area (Å²) in [7, 11) is 0. The third kappa shape index (κ3) is 6.93. The number of tetrazole rings is 1. The number of nitrogens with zero attached hydrogens (tertiary/aromatic N) is 4. The summed E-state index contributed by atoms with van der Waals surface area (Å²) in [6, 6.07) is 3.12. The number of aromatic hydroxyl groups is 1. The predicted molar refractivity (Wildman–Crippen MR) is 148 cm³/mol. The SMILES string of the molecule is CC(C)(C)OC(=O)NC(C(=O)NC1C(=O)N2C(C(=O)O)=C(C(CC(N)=O)Sc3nnn[nH]3)CS[C@@H]12)c1ccc(O)cc1. The van der Waals surface area contributed by atoms with Gasteiger partial charge in [0, 0.05) is 17.4 Å². The lowest BCUT2D eigenvalue weighted by molar-refractivity contribution is -0.151. The van der Waals surface area contributed by atoms with E-state index >= 15 is 0 Å². The van der Waals surface area contributed by atoms with Gasteiger partial charge in [-0.25, -0.2) is 14.7 Å². The maximum Gasteiger partial charge on any atom is 0.408 e. The third-order valence-electron chi connectivity index (χ3n) is 6.00. The van der Waals surface area contributed by atoms with E-state index in [0.717, 1.165) is 16.7 Å². The number of carboxylic acid groups (broad SMARTS) is 1. The molecule has 0 radical (unpaired) electrons. The number of phenolic OH excluding ortho intramolecular Hbond substituents is 1. The van der Waals surface area contributed by atoms with Crippen molar-refractivity contribution in [2.75, 3.05) is 5.75 Å². The maximum absolute atomic E-state index is 13.4. The lowest BCUT2D eigenvalue weighted by atomic mass is 9.99. The first-order valence-corrected chi connectivity index (χ1v) is 14.4. The molecule has 1 fully saturated rings. The number of carboxylic acids is 1. The first-order valence-electron chi connectivity index (χ1n) is 12.4.